The Morgan fingerprint density at radius 1 is 1.06 bits per heavy atom. The summed E-state index contributed by atoms with van der Waals surface area (Å²) in [6.45, 7) is 11.3. The highest BCUT2D eigenvalue weighted by molar-refractivity contribution is 5.82. The quantitative estimate of drug-likeness (QED) is 0.637. The van der Waals surface area contributed by atoms with Crippen LogP contribution in [0.15, 0.2) is 36.4 Å². The molecule has 9 nitrogen and oxygen atoms in total. The number of aryl methyl sites for hydroxylation is 1. The summed E-state index contributed by atoms with van der Waals surface area (Å²) >= 11 is 0. The largest absolute Gasteiger partial charge is 0.467 e. The van der Waals surface area contributed by atoms with E-state index in [4.69, 9.17) is 14.6 Å². The van der Waals surface area contributed by atoms with Crippen LogP contribution in [0.5, 0.6) is 0 Å². The third-order valence-electron chi connectivity index (χ3n) is 6.35. The summed E-state index contributed by atoms with van der Waals surface area (Å²) in [6, 6.07) is 11.7. The highest BCUT2D eigenvalue weighted by atomic mass is 16.6. The summed E-state index contributed by atoms with van der Waals surface area (Å²) in [5.41, 5.74) is 1.39. The van der Waals surface area contributed by atoms with Crippen LogP contribution >= 0.6 is 0 Å². The molecule has 2 fully saturated rings. The number of benzene rings is 1. The van der Waals surface area contributed by atoms with Gasteiger partial charge in [0.05, 0.1) is 18.5 Å². The van der Waals surface area contributed by atoms with Crippen LogP contribution in [0.2, 0.25) is 0 Å². The van der Waals surface area contributed by atoms with Crippen LogP contribution in [-0.2, 0) is 14.3 Å². The molecule has 0 radical (unpaired) electrons. The number of carbonyl (C=O) groups is 2. The van der Waals surface area contributed by atoms with E-state index in [-0.39, 0.29) is 6.04 Å². The number of para-hydroxylation sites is 1. The molecule has 2 saturated heterocycles. The highest BCUT2D eigenvalue weighted by Gasteiger charge is 2.44. The number of hydrogen-bond donors (Lipinski definition) is 0. The summed E-state index contributed by atoms with van der Waals surface area (Å²) < 4.78 is 12.5. The Labute approximate surface area is 201 Å². The topological polar surface area (TPSA) is 80.1 Å². The van der Waals surface area contributed by atoms with E-state index in [1.807, 2.05) is 50.6 Å². The number of amides is 1. The standard InChI is InChI=1S/C25H35N5O4/c1-18-15-22(30(26-18)19-9-7-6-8-10-19)28-13-11-27(12-14-28)20-16-21(23(31)33-5)29(17-20)24(32)34-25(2,3)4/h6-10,15,20-21H,11-14,16-17H2,1-5H3/t20-,21-/m0/s1. The fourth-order valence-electron chi connectivity index (χ4n) is 4.75. The maximum Gasteiger partial charge on any atom is 0.411 e. The Morgan fingerprint density at radius 3 is 2.35 bits per heavy atom. The van der Waals surface area contributed by atoms with Crippen LogP contribution in [0.3, 0.4) is 0 Å². The fraction of sp³-hybridized carbons (Fsp3) is 0.560. The first-order valence-corrected chi connectivity index (χ1v) is 11.8. The smallest absolute Gasteiger partial charge is 0.411 e. The average molecular weight is 470 g/mol. The minimum atomic E-state index is -0.624. The maximum absolute atomic E-state index is 12.8. The second-order valence-electron chi connectivity index (χ2n) is 9.98. The first-order chi connectivity index (χ1) is 16.2. The number of hydrogen-bond acceptors (Lipinski definition) is 7. The molecular formula is C25H35N5O4. The monoisotopic (exact) mass is 469 g/mol. The van der Waals surface area contributed by atoms with Crippen molar-refractivity contribution in [1.29, 1.82) is 0 Å². The number of ether oxygens (including phenoxy) is 2. The SMILES string of the molecule is COC(=O)[C@@H]1C[C@H](N2CCN(c3cc(C)nn3-c3ccccc3)CC2)CN1C(=O)OC(C)(C)C. The number of aromatic nitrogens is 2. The molecule has 0 saturated carbocycles. The van der Waals surface area contributed by atoms with Gasteiger partial charge in [-0.1, -0.05) is 18.2 Å². The maximum atomic E-state index is 12.8. The number of rotatable bonds is 4. The van der Waals surface area contributed by atoms with Crippen molar-refractivity contribution in [3.05, 3.63) is 42.1 Å². The summed E-state index contributed by atoms with van der Waals surface area (Å²) in [4.78, 5) is 31.5. The molecule has 1 aromatic carbocycles. The summed E-state index contributed by atoms with van der Waals surface area (Å²) in [7, 11) is 1.36. The fourth-order valence-corrected chi connectivity index (χ4v) is 4.75. The van der Waals surface area contributed by atoms with E-state index in [2.05, 4.69) is 28.0 Å². The predicted octanol–water partition coefficient (Wildman–Crippen LogP) is 2.85. The molecule has 2 aromatic rings. The van der Waals surface area contributed by atoms with Gasteiger partial charge in [-0.15, -0.1) is 0 Å². The van der Waals surface area contributed by atoms with Crippen LogP contribution in [0, 0.1) is 6.92 Å². The van der Waals surface area contributed by atoms with Gasteiger partial charge >= 0.3 is 12.1 Å². The van der Waals surface area contributed by atoms with Crippen molar-refractivity contribution in [2.75, 3.05) is 44.7 Å². The van der Waals surface area contributed by atoms with Crippen LogP contribution in [-0.4, -0.2) is 89.2 Å². The van der Waals surface area contributed by atoms with Crippen molar-refractivity contribution >= 4 is 17.9 Å². The molecule has 2 atom stereocenters. The molecule has 0 unspecified atom stereocenters. The van der Waals surface area contributed by atoms with Gasteiger partial charge < -0.3 is 14.4 Å². The summed E-state index contributed by atoms with van der Waals surface area (Å²) in [5, 5.41) is 4.70. The third-order valence-corrected chi connectivity index (χ3v) is 6.35. The molecule has 9 heteroatoms. The van der Waals surface area contributed by atoms with Crippen molar-refractivity contribution in [3.63, 3.8) is 0 Å². The van der Waals surface area contributed by atoms with Gasteiger partial charge in [-0.25, -0.2) is 14.3 Å². The summed E-state index contributed by atoms with van der Waals surface area (Å²) in [5.74, 6) is 0.687. The lowest BCUT2D eigenvalue weighted by molar-refractivity contribution is -0.145. The number of likely N-dealkylation sites (tertiary alicyclic amines) is 1. The molecule has 0 N–H and O–H groups in total. The van der Waals surface area contributed by atoms with Gasteiger partial charge in [-0.05, 0) is 46.2 Å². The van der Waals surface area contributed by atoms with E-state index in [0.29, 0.717) is 13.0 Å². The number of anilines is 1. The molecule has 34 heavy (non-hydrogen) atoms. The third kappa shape index (κ3) is 5.19. The molecule has 2 aliphatic rings. The van der Waals surface area contributed by atoms with Crippen molar-refractivity contribution in [2.24, 2.45) is 0 Å². The molecule has 0 spiro atoms. The van der Waals surface area contributed by atoms with Gasteiger partial charge in [-0.2, -0.15) is 5.10 Å². The average Bonchev–Trinajstić information content (AvgIpc) is 3.42. The zero-order valence-electron chi connectivity index (χ0n) is 20.7. The van der Waals surface area contributed by atoms with E-state index in [1.165, 1.54) is 12.0 Å². The van der Waals surface area contributed by atoms with Crippen molar-refractivity contribution < 1.29 is 19.1 Å². The highest BCUT2D eigenvalue weighted by Crippen LogP contribution is 2.28. The normalized spacial score (nSPS) is 21.6. The van der Waals surface area contributed by atoms with Gasteiger partial charge in [0.2, 0.25) is 0 Å². The number of esters is 1. The first-order valence-electron chi connectivity index (χ1n) is 11.8. The Kier molecular flexibility index (Phi) is 6.84. The minimum Gasteiger partial charge on any atom is -0.467 e. The lowest BCUT2D eigenvalue weighted by Gasteiger charge is -2.38. The Bertz CT molecular complexity index is 1010. The van der Waals surface area contributed by atoms with Gasteiger partial charge in [0.15, 0.2) is 0 Å². The molecule has 1 amide bonds. The first kappa shape index (κ1) is 24.1. The lowest BCUT2D eigenvalue weighted by atomic mass is 10.1. The van der Waals surface area contributed by atoms with E-state index in [1.54, 1.807) is 0 Å². The zero-order valence-corrected chi connectivity index (χ0v) is 20.7. The molecule has 0 aliphatic carbocycles. The van der Waals surface area contributed by atoms with E-state index in [9.17, 15) is 9.59 Å². The molecule has 3 heterocycles. The second kappa shape index (κ2) is 9.66. The number of carbonyl (C=O) groups excluding carboxylic acids is 2. The summed E-state index contributed by atoms with van der Waals surface area (Å²) in [6.07, 6.45) is 0.0822. The minimum absolute atomic E-state index is 0.0829. The number of nitrogens with zero attached hydrogens (tertiary/aromatic N) is 5. The number of piperazine rings is 1. The number of methoxy groups -OCH3 is 1. The van der Waals surface area contributed by atoms with Crippen molar-refractivity contribution in [3.8, 4) is 5.69 Å². The lowest BCUT2D eigenvalue weighted by Crippen LogP contribution is -2.51. The van der Waals surface area contributed by atoms with E-state index >= 15 is 0 Å². The van der Waals surface area contributed by atoms with E-state index < -0.39 is 23.7 Å². The van der Waals surface area contributed by atoms with Crippen LogP contribution in [0.25, 0.3) is 5.69 Å². The van der Waals surface area contributed by atoms with Crippen molar-refractivity contribution in [2.45, 2.75) is 51.8 Å². The Balaban J connectivity index is 1.44. The van der Waals surface area contributed by atoms with Crippen LogP contribution in [0.4, 0.5) is 10.6 Å². The van der Waals surface area contributed by atoms with Crippen LogP contribution in [0.1, 0.15) is 32.9 Å². The zero-order chi connectivity index (χ0) is 24.5. The molecule has 2 aliphatic heterocycles. The molecule has 184 valence electrons. The van der Waals surface area contributed by atoms with Gasteiger partial charge in [0.25, 0.3) is 0 Å². The molecule has 4 rings (SSSR count). The Hall–Kier alpha value is -3.07. The molecule has 0 bridgehead atoms. The molecule has 1 aromatic heterocycles. The van der Waals surface area contributed by atoms with Gasteiger partial charge in [-0.3, -0.25) is 9.80 Å². The van der Waals surface area contributed by atoms with Crippen molar-refractivity contribution in [1.82, 2.24) is 19.6 Å². The van der Waals surface area contributed by atoms with Gasteiger partial charge in [0, 0.05) is 44.8 Å². The van der Waals surface area contributed by atoms with Crippen LogP contribution < -0.4 is 4.90 Å². The van der Waals surface area contributed by atoms with Gasteiger partial charge in [0.1, 0.15) is 17.5 Å². The Morgan fingerprint density at radius 2 is 1.74 bits per heavy atom. The second-order valence-corrected chi connectivity index (χ2v) is 9.98. The predicted molar refractivity (Wildman–Crippen MR) is 129 cm³/mol. The van der Waals surface area contributed by atoms with E-state index in [0.717, 1.165) is 43.4 Å². The molecular weight excluding hydrogens is 434 g/mol.